The van der Waals surface area contributed by atoms with Crippen LogP contribution in [0, 0.1) is 5.82 Å². The molecule has 0 saturated carbocycles. The summed E-state index contributed by atoms with van der Waals surface area (Å²) in [5.41, 5.74) is 1.97. The van der Waals surface area contributed by atoms with Crippen LogP contribution < -0.4 is 0 Å². The molecule has 1 fully saturated rings. The van der Waals surface area contributed by atoms with Crippen molar-refractivity contribution in [2.75, 3.05) is 13.2 Å². The van der Waals surface area contributed by atoms with E-state index in [4.69, 9.17) is 4.74 Å². The van der Waals surface area contributed by atoms with E-state index in [0.29, 0.717) is 25.2 Å². The van der Waals surface area contributed by atoms with Gasteiger partial charge in [-0.2, -0.15) is 5.10 Å². The molecule has 2 heterocycles. The number of halogens is 1. The maximum atomic E-state index is 13.3. The molecule has 0 atom stereocenters. The highest BCUT2D eigenvalue weighted by molar-refractivity contribution is 5.82. The molecule has 4 heteroatoms. The maximum absolute atomic E-state index is 13.3. The first kappa shape index (κ1) is 10.7. The summed E-state index contributed by atoms with van der Waals surface area (Å²) in [5.74, 6) is 0.0883. The van der Waals surface area contributed by atoms with Gasteiger partial charge in [0.25, 0.3) is 0 Å². The van der Waals surface area contributed by atoms with Gasteiger partial charge in [0, 0.05) is 5.39 Å². The van der Waals surface area contributed by atoms with Crippen molar-refractivity contribution in [2.24, 2.45) is 0 Å². The van der Waals surface area contributed by atoms with Crippen molar-refractivity contribution >= 4 is 10.9 Å². The van der Waals surface area contributed by atoms with Gasteiger partial charge in [-0.25, -0.2) is 4.39 Å². The van der Waals surface area contributed by atoms with Gasteiger partial charge >= 0.3 is 0 Å². The van der Waals surface area contributed by atoms with Gasteiger partial charge in [-0.05, 0) is 24.1 Å². The summed E-state index contributed by atoms with van der Waals surface area (Å²) in [4.78, 5) is 0. The average Bonchev–Trinajstić information content (AvgIpc) is 2.54. The van der Waals surface area contributed by atoms with Gasteiger partial charge in [0.1, 0.15) is 5.82 Å². The van der Waals surface area contributed by atoms with Crippen molar-refractivity contribution < 1.29 is 9.13 Å². The minimum Gasteiger partial charge on any atom is -0.377 e. The fraction of sp³-hybridized carbons (Fsp3) is 0.462. The zero-order valence-electron chi connectivity index (χ0n) is 9.98. The molecule has 1 saturated heterocycles. The molecule has 3 rings (SSSR count). The number of rotatable bonds is 2. The highest BCUT2D eigenvalue weighted by atomic mass is 19.1. The summed E-state index contributed by atoms with van der Waals surface area (Å²) in [6.07, 6.45) is 0. The molecular weight excluding hydrogens is 219 g/mol. The van der Waals surface area contributed by atoms with E-state index < -0.39 is 0 Å². The molecule has 0 aliphatic carbocycles. The van der Waals surface area contributed by atoms with Crippen molar-refractivity contribution in [2.45, 2.75) is 25.8 Å². The average molecular weight is 234 g/mol. The molecule has 0 spiro atoms. The van der Waals surface area contributed by atoms with Crippen molar-refractivity contribution in [3.8, 4) is 0 Å². The molecule has 90 valence electrons. The SMILES string of the molecule is CC(C)c1nn(C2COC2)c2ccc(F)cc12. The monoisotopic (exact) mass is 234 g/mol. The summed E-state index contributed by atoms with van der Waals surface area (Å²) in [5, 5.41) is 5.55. The first-order valence-electron chi connectivity index (χ1n) is 5.92. The number of ether oxygens (including phenoxy) is 1. The van der Waals surface area contributed by atoms with Crippen molar-refractivity contribution in [3.05, 3.63) is 29.7 Å². The smallest absolute Gasteiger partial charge is 0.124 e. The molecule has 0 N–H and O–H groups in total. The maximum Gasteiger partial charge on any atom is 0.124 e. The summed E-state index contributed by atoms with van der Waals surface area (Å²) in [6, 6.07) is 5.18. The van der Waals surface area contributed by atoms with E-state index in [1.165, 1.54) is 6.07 Å². The van der Waals surface area contributed by atoms with Crippen molar-refractivity contribution in [1.82, 2.24) is 9.78 Å². The third-order valence-electron chi connectivity index (χ3n) is 3.21. The number of benzene rings is 1. The van der Waals surface area contributed by atoms with E-state index in [1.807, 2.05) is 10.7 Å². The van der Waals surface area contributed by atoms with Crippen molar-refractivity contribution in [1.29, 1.82) is 0 Å². The topological polar surface area (TPSA) is 27.1 Å². The minimum atomic E-state index is -0.205. The van der Waals surface area contributed by atoms with Gasteiger partial charge in [0.05, 0.1) is 30.5 Å². The number of hydrogen-bond acceptors (Lipinski definition) is 2. The van der Waals surface area contributed by atoms with Gasteiger partial charge in [-0.1, -0.05) is 13.8 Å². The lowest BCUT2D eigenvalue weighted by Gasteiger charge is -2.26. The van der Waals surface area contributed by atoms with E-state index in [2.05, 4.69) is 18.9 Å². The number of hydrogen-bond donors (Lipinski definition) is 0. The highest BCUT2D eigenvalue weighted by Gasteiger charge is 2.25. The predicted molar refractivity (Wildman–Crippen MR) is 63.6 cm³/mol. The van der Waals surface area contributed by atoms with E-state index in [0.717, 1.165) is 16.6 Å². The van der Waals surface area contributed by atoms with Crippen LogP contribution in [0.3, 0.4) is 0 Å². The molecule has 0 radical (unpaired) electrons. The number of aromatic nitrogens is 2. The van der Waals surface area contributed by atoms with E-state index in [9.17, 15) is 4.39 Å². The third kappa shape index (κ3) is 1.63. The molecule has 2 aromatic rings. The molecule has 1 aliphatic rings. The third-order valence-corrected chi connectivity index (χ3v) is 3.21. The first-order chi connectivity index (χ1) is 8.16. The molecule has 3 nitrogen and oxygen atoms in total. The number of fused-ring (bicyclic) bond motifs is 1. The number of nitrogens with zero attached hydrogens (tertiary/aromatic N) is 2. The Morgan fingerprint density at radius 3 is 2.76 bits per heavy atom. The van der Waals surface area contributed by atoms with Crippen LogP contribution in [-0.4, -0.2) is 23.0 Å². The lowest BCUT2D eigenvalue weighted by Crippen LogP contribution is -2.31. The zero-order valence-corrected chi connectivity index (χ0v) is 9.98. The molecular formula is C13H15FN2O. The van der Waals surface area contributed by atoms with Crippen LogP contribution in [0.15, 0.2) is 18.2 Å². The first-order valence-corrected chi connectivity index (χ1v) is 5.92. The molecule has 0 amide bonds. The Labute approximate surface area is 99.2 Å². The van der Waals surface area contributed by atoms with Crippen LogP contribution in [-0.2, 0) is 4.74 Å². The van der Waals surface area contributed by atoms with E-state index >= 15 is 0 Å². The molecule has 0 unspecified atom stereocenters. The molecule has 1 aliphatic heterocycles. The Kier molecular flexibility index (Phi) is 2.40. The lowest BCUT2D eigenvalue weighted by atomic mass is 10.1. The fourth-order valence-electron chi connectivity index (χ4n) is 2.21. The lowest BCUT2D eigenvalue weighted by molar-refractivity contribution is -0.0268. The molecule has 17 heavy (non-hydrogen) atoms. The van der Waals surface area contributed by atoms with Crippen LogP contribution in [0.1, 0.15) is 31.5 Å². The fourth-order valence-corrected chi connectivity index (χ4v) is 2.21. The van der Waals surface area contributed by atoms with Gasteiger partial charge in [-0.3, -0.25) is 4.68 Å². The van der Waals surface area contributed by atoms with Gasteiger partial charge in [-0.15, -0.1) is 0 Å². The molecule has 1 aromatic carbocycles. The predicted octanol–water partition coefficient (Wildman–Crippen LogP) is 2.87. The van der Waals surface area contributed by atoms with Gasteiger partial charge in [0.15, 0.2) is 0 Å². The second-order valence-electron chi connectivity index (χ2n) is 4.84. The zero-order chi connectivity index (χ0) is 12.0. The van der Waals surface area contributed by atoms with Crippen LogP contribution in [0.2, 0.25) is 0 Å². The van der Waals surface area contributed by atoms with E-state index in [1.54, 1.807) is 6.07 Å². The largest absolute Gasteiger partial charge is 0.377 e. The summed E-state index contributed by atoms with van der Waals surface area (Å²) in [7, 11) is 0. The van der Waals surface area contributed by atoms with Crippen LogP contribution >= 0.6 is 0 Å². The van der Waals surface area contributed by atoms with Crippen molar-refractivity contribution in [3.63, 3.8) is 0 Å². The Morgan fingerprint density at radius 1 is 1.41 bits per heavy atom. The standard InChI is InChI=1S/C13H15FN2O/c1-8(2)13-11-5-9(14)3-4-12(11)16(15-13)10-6-17-7-10/h3-5,8,10H,6-7H2,1-2H3. The van der Waals surface area contributed by atoms with Gasteiger partial charge < -0.3 is 4.74 Å². The summed E-state index contributed by atoms with van der Waals surface area (Å²) >= 11 is 0. The quantitative estimate of drug-likeness (QED) is 0.799. The van der Waals surface area contributed by atoms with E-state index in [-0.39, 0.29) is 5.82 Å². The molecule has 1 aromatic heterocycles. The normalized spacial score (nSPS) is 16.7. The summed E-state index contributed by atoms with van der Waals surface area (Å²) < 4.78 is 20.5. The molecule has 0 bridgehead atoms. The van der Waals surface area contributed by atoms with Gasteiger partial charge in [0.2, 0.25) is 0 Å². The highest BCUT2D eigenvalue weighted by Crippen LogP contribution is 2.29. The Hall–Kier alpha value is -1.42. The Bertz CT molecular complexity index is 558. The van der Waals surface area contributed by atoms with Crippen LogP contribution in [0.4, 0.5) is 4.39 Å². The minimum absolute atomic E-state index is 0.205. The van der Waals surface area contributed by atoms with Crippen LogP contribution in [0.5, 0.6) is 0 Å². The second-order valence-corrected chi connectivity index (χ2v) is 4.84. The Morgan fingerprint density at radius 2 is 2.18 bits per heavy atom. The van der Waals surface area contributed by atoms with Crippen LogP contribution in [0.25, 0.3) is 10.9 Å². The second kappa shape index (κ2) is 3.81. The summed E-state index contributed by atoms with van der Waals surface area (Å²) in [6.45, 7) is 5.56. The Balaban J connectivity index is 2.22.